The third-order valence-electron chi connectivity index (χ3n) is 3.23. The van der Waals surface area contributed by atoms with Crippen molar-refractivity contribution in [2.75, 3.05) is 0 Å². The lowest BCUT2D eigenvalue weighted by Crippen LogP contribution is -2.11. The first-order chi connectivity index (χ1) is 9.58. The smallest absolute Gasteiger partial charge is 0.128 e. The van der Waals surface area contributed by atoms with Gasteiger partial charge >= 0.3 is 0 Å². The van der Waals surface area contributed by atoms with Crippen molar-refractivity contribution in [1.82, 2.24) is 14.5 Å². The quantitative estimate of drug-likeness (QED) is 0.630. The highest BCUT2D eigenvalue weighted by Crippen LogP contribution is 2.32. The Morgan fingerprint density at radius 1 is 1.30 bits per heavy atom. The molecule has 104 valence electrons. The zero-order valence-electron chi connectivity index (χ0n) is 11.0. The van der Waals surface area contributed by atoms with Crippen LogP contribution in [0.5, 0.6) is 0 Å². The number of aromatic nitrogens is 3. The van der Waals surface area contributed by atoms with Gasteiger partial charge in [-0.1, -0.05) is 11.6 Å². The van der Waals surface area contributed by atoms with Crippen LogP contribution in [-0.2, 0) is 0 Å². The van der Waals surface area contributed by atoms with Gasteiger partial charge in [-0.25, -0.2) is 9.97 Å². The molecule has 3 aromatic rings. The van der Waals surface area contributed by atoms with Crippen molar-refractivity contribution in [2.24, 2.45) is 0 Å². The monoisotopic (exact) mass is 325 g/mol. The van der Waals surface area contributed by atoms with Gasteiger partial charge < -0.3 is 4.57 Å². The van der Waals surface area contributed by atoms with E-state index in [-0.39, 0.29) is 11.4 Å². The summed E-state index contributed by atoms with van der Waals surface area (Å²) in [6.45, 7) is 4.03. The van der Waals surface area contributed by atoms with E-state index in [9.17, 15) is 0 Å². The Hall–Kier alpha value is -1.10. The van der Waals surface area contributed by atoms with Crippen LogP contribution in [0.25, 0.3) is 11.0 Å². The van der Waals surface area contributed by atoms with E-state index in [1.54, 1.807) is 11.3 Å². The fraction of sp³-hybridized carbons (Fsp3) is 0.286. The topological polar surface area (TPSA) is 30.7 Å². The molecule has 6 heteroatoms. The van der Waals surface area contributed by atoms with Crippen LogP contribution in [0.4, 0.5) is 0 Å². The van der Waals surface area contributed by atoms with E-state index in [2.05, 4.69) is 21.5 Å². The molecular formula is C14H13Cl2N3S. The molecule has 20 heavy (non-hydrogen) atoms. The molecule has 0 spiro atoms. The second kappa shape index (κ2) is 5.35. The highest BCUT2D eigenvalue weighted by atomic mass is 35.5. The number of hydrogen-bond donors (Lipinski definition) is 0. The molecule has 0 radical (unpaired) electrons. The standard InChI is InChI=1S/C14H13Cl2N3S/c1-8(15)13-18-11-4-3-10(16)7-12(11)19(13)9(2)14-17-5-6-20-14/h3-9H,1-2H3. The summed E-state index contributed by atoms with van der Waals surface area (Å²) in [7, 11) is 0. The number of halogens is 2. The fourth-order valence-corrected chi connectivity index (χ4v) is 3.33. The van der Waals surface area contributed by atoms with E-state index in [1.807, 2.05) is 36.7 Å². The predicted octanol–water partition coefficient (Wildman–Crippen LogP) is 5.06. The van der Waals surface area contributed by atoms with E-state index in [0.717, 1.165) is 21.9 Å². The zero-order valence-corrected chi connectivity index (χ0v) is 13.4. The Labute approximate surface area is 131 Å². The van der Waals surface area contributed by atoms with Crippen molar-refractivity contribution < 1.29 is 0 Å². The number of nitrogens with zero attached hydrogens (tertiary/aromatic N) is 3. The van der Waals surface area contributed by atoms with Crippen LogP contribution in [-0.4, -0.2) is 14.5 Å². The summed E-state index contributed by atoms with van der Waals surface area (Å²) in [5, 5.41) is 3.52. The number of imidazole rings is 1. The molecule has 0 bridgehead atoms. The molecule has 0 aliphatic heterocycles. The maximum Gasteiger partial charge on any atom is 0.128 e. The third-order valence-corrected chi connectivity index (χ3v) is 4.61. The van der Waals surface area contributed by atoms with Crippen molar-refractivity contribution in [3.8, 4) is 0 Å². The Morgan fingerprint density at radius 2 is 2.10 bits per heavy atom. The van der Waals surface area contributed by atoms with E-state index in [0.29, 0.717) is 5.02 Å². The number of rotatable bonds is 3. The van der Waals surface area contributed by atoms with Crippen molar-refractivity contribution in [1.29, 1.82) is 0 Å². The van der Waals surface area contributed by atoms with Crippen LogP contribution in [0.2, 0.25) is 5.02 Å². The molecular weight excluding hydrogens is 313 g/mol. The Balaban J connectivity index is 2.25. The maximum atomic E-state index is 6.29. The van der Waals surface area contributed by atoms with Gasteiger partial charge in [0.2, 0.25) is 0 Å². The van der Waals surface area contributed by atoms with Crippen LogP contribution in [0.3, 0.4) is 0 Å². The Kier molecular flexibility index (Phi) is 3.71. The van der Waals surface area contributed by atoms with Crippen LogP contribution < -0.4 is 0 Å². The first-order valence-electron chi connectivity index (χ1n) is 6.28. The first kappa shape index (κ1) is 13.9. The molecule has 0 saturated carbocycles. The summed E-state index contributed by atoms with van der Waals surface area (Å²) < 4.78 is 2.12. The van der Waals surface area contributed by atoms with Gasteiger partial charge in [0.05, 0.1) is 22.5 Å². The summed E-state index contributed by atoms with van der Waals surface area (Å²) in [5.74, 6) is 0.839. The maximum absolute atomic E-state index is 6.29. The van der Waals surface area contributed by atoms with E-state index >= 15 is 0 Å². The van der Waals surface area contributed by atoms with Crippen LogP contribution in [0.1, 0.15) is 36.1 Å². The molecule has 2 aromatic heterocycles. The van der Waals surface area contributed by atoms with Crippen molar-refractivity contribution in [3.63, 3.8) is 0 Å². The van der Waals surface area contributed by atoms with Crippen LogP contribution in [0.15, 0.2) is 29.8 Å². The molecule has 0 fully saturated rings. The minimum atomic E-state index is -0.177. The number of fused-ring (bicyclic) bond motifs is 1. The normalized spacial score (nSPS) is 14.6. The number of alkyl halides is 1. The van der Waals surface area contributed by atoms with Crippen LogP contribution in [0, 0.1) is 0 Å². The first-order valence-corrected chi connectivity index (χ1v) is 7.98. The van der Waals surface area contributed by atoms with Gasteiger partial charge in [-0.3, -0.25) is 0 Å². The molecule has 1 aromatic carbocycles. The average Bonchev–Trinajstić information content (AvgIpc) is 3.04. The highest BCUT2D eigenvalue weighted by molar-refractivity contribution is 7.09. The molecule has 3 rings (SSSR count). The molecule has 0 saturated heterocycles. The molecule has 2 atom stereocenters. The minimum absolute atomic E-state index is 0.0784. The Bertz CT molecular complexity index is 734. The molecule has 0 aliphatic carbocycles. The lowest BCUT2D eigenvalue weighted by molar-refractivity contribution is 0.615. The molecule has 0 amide bonds. The lowest BCUT2D eigenvalue weighted by Gasteiger charge is -2.16. The van der Waals surface area contributed by atoms with Gasteiger partial charge in [-0.15, -0.1) is 22.9 Å². The predicted molar refractivity (Wildman–Crippen MR) is 84.9 cm³/mol. The van der Waals surface area contributed by atoms with Crippen molar-refractivity contribution >= 4 is 45.6 Å². The van der Waals surface area contributed by atoms with E-state index in [4.69, 9.17) is 23.2 Å². The summed E-state index contributed by atoms with van der Waals surface area (Å²) in [4.78, 5) is 9.03. The van der Waals surface area contributed by atoms with Gasteiger partial charge in [0.15, 0.2) is 0 Å². The number of benzene rings is 1. The molecule has 2 heterocycles. The highest BCUT2D eigenvalue weighted by Gasteiger charge is 2.21. The zero-order chi connectivity index (χ0) is 14.3. The van der Waals surface area contributed by atoms with Gasteiger partial charge in [-0.2, -0.15) is 0 Å². The summed E-state index contributed by atoms with van der Waals surface area (Å²) >= 11 is 14.0. The van der Waals surface area contributed by atoms with Crippen molar-refractivity contribution in [3.05, 3.63) is 45.6 Å². The third kappa shape index (κ3) is 2.32. The molecule has 0 N–H and O–H groups in total. The van der Waals surface area contributed by atoms with Gasteiger partial charge in [0.25, 0.3) is 0 Å². The van der Waals surface area contributed by atoms with Crippen molar-refractivity contribution in [2.45, 2.75) is 25.3 Å². The summed E-state index contributed by atoms with van der Waals surface area (Å²) in [5.41, 5.74) is 1.89. The van der Waals surface area contributed by atoms with E-state index < -0.39 is 0 Å². The van der Waals surface area contributed by atoms with E-state index in [1.165, 1.54) is 0 Å². The second-order valence-electron chi connectivity index (χ2n) is 4.64. The van der Waals surface area contributed by atoms with Gasteiger partial charge in [-0.05, 0) is 32.0 Å². The molecule has 2 unspecified atom stereocenters. The number of thiazole rings is 1. The minimum Gasteiger partial charge on any atom is -0.317 e. The Morgan fingerprint density at radius 3 is 2.75 bits per heavy atom. The summed E-state index contributed by atoms with van der Waals surface area (Å²) in [6, 6.07) is 5.77. The fourth-order valence-electron chi connectivity index (χ4n) is 2.32. The SMILES string of the molecule is CC(Cl)c1nc2ccc(Cl)cc2n1C(C)c1nccs1. The second-order valence-corrected chi connectivity index (χ2v) is 6.65. The van der Waals surface area contributed by atoms with Gasteiger partial charge in [0, 0.05) is 16.6 Å². The molecule has 0 aliphatic rings. The number of hydrogen-bond acceptors (Lipinski definition) is 3. The largest absolute Gasteiger partial charge is 0.317 e. The summed E-state index contributed by atoms with van der Waals surface area (Å²) in [6.07, 6.45) is 1.81. The molecule has 3 nitrogen and oxygen atoms in total. The van der Waals surface area contributed by atoms with Gasteiger partial charge in [0.1, 0.15) is 10.8 Å². The lowest BCUT2D eigenvalue weighted by atomic mass is 10.2. The van der Waals surface area contributed by atoms with Crippen LogP contribution >= 0.6 is 34.5 Å². The average molecular weight is 326 g/mol.